The SMILES string of the molecule is [B][C@@H]1O[C@](/C=C\Cl)(CC)[C@@H](C)[C@H]1O[Si](C)(C)C(C)(C)C. The van der Waals surface area contributed by atoms with Gasteiger partial charge in [-0.15, -0.1) is 0 Å². The third-order valence-corrected chi connectivity index (χ3v) is 9.68. The first kappa shape index (κ1) is 18.3. The molecular formula is C15H28BClO2Si. The Bertz CT molecular complexity index is 367. The van der Waals surface area contributed by atoms with E-state index in [1.807, 2.05) is 6.08 Å². The molecule has 1 heterocycles. The molecule has 0 aromatic rings. The maximum Gasteiger partial charge on any atom is 0.192 e. The Morgan fingerprint density at radius 2 is 1.95 bits per heavy atom. The third-order valence-electron chi connectivity index (χ3n) is 5.08. The topological polar surface area (TPSA) is 18.5 Å². The fourth-order valence-electron chi connectivity index (χ4n) is 2.50. The van der Waals surface area contributed by atoms with E-state index in [9.17, 15) is 0 Å². The van der Waals surface area contributed by atoms with Gasteiger partial charge in [0, 0.05) is 17.5 Å². The average Bonchev–Trinajstić information content (AvgIpc) is 2.53. The fourth-order valence-corrected chi connectivity index (χ4v) is 4.08. The molecule has 0 aliphatic carbocycles. The van der Waals surface area contributed by atoms with Gasteiger partial charge in [0.25, 0.3) is 0 Å². The summed E-state index contributed by atoms with van der Waals surface area (Å²) in [4.78, 5) is 0. The smallest absolute Gasteiger partial charge is 0.192 e. The van der Waals surface area contributed by atoms with Gasteiger partial charge in [-0.1, -0.05) is 46.2 Å². The highest BCUT2D eigenvalue weighted by molar-refractivity contribution is 6.74. The van der Waals surface area contributed by atoms with E-state index in [0.717, 1.165) is 6.42 Å². The lowest BCUT2D eigenvalue weighted by atomic mass is 9.81. The van der Waals surface area contributed by atoms with E-state index in [-0.39, 0.29) is 17.1 Å². The normalized spacial score (nSPS) is 35.9. The van der Waals surface area contributed by atoms with Crippen LogP contribution in [0.5, 0.6) is 0 Å². The van der Waals surface area contributed by atoms with Crippen LogP contribution in [0, 0.1) is 5.92 Å². The monoisotopic (exact) mass is 314 g/mol. The lowest BCUT2D eigenvalue weighted by Crippen LogP contribution is -2.48. The molecule has 0 aromatic carbocycles. The van der Waals surface area contributed by atoms with Crippen LogP contribution in [0.15, 0.2) is 11.6 Å². The Hall–Kier alpha value is 0.232. The van der Waals surface area contributed by atoms with Crippen LogP contribution < -0.4 is 0 Å². The van der Waals surface area contributed by atoms with Crippen LogP contribution in [0.25, 0.3) is 0 Å². The molecule has 114 valence electrons. The molecule has 0 saturated carbocycles. The molecule has 0 spiro atoms. The molecule has 1 saturated heterocycles. The van der Waals surface area contributed by atoms with E-state index in [0.29, 0.717) is 0 Å². The highest BCUT2D eigenvalue weighted by Crippen LogP contribution is 2.45. The highest BCUT2D eigenvalue weighted by Gasteiger charge is 2.51. The molecule has 0 aromatic heterocycles. The van der Waals surface area contributed by atoms with Gasteiger partial charge in [0.2, 0.25) is 0 Å². The van der Waals surface area contributed by atoms with Gasteiger partial charge in [0.15, 0.2) is 8.32 Å². The summed E-state index contributed by atoms with van der Waals surface area (Å²) in [5.41, 5.74) is 1.12. The van der Waals surface area contributed by atoms with E-state index in [1.165, 1.54) is 5.54 Å². The Morgan fingerprint density at radius 3 is 2.35 bits per heavy atom. The maximum atomic E-state index is 6.50. The second kappa shape index (κ2) is 6.15. The van der Waals surface area contributed by atoms with Crippen LogP contribution in [-0.2, 0) is 9.16 Å². The van der Waals surface area contributed by atoms with Gasteiger partial charge in [-0.25, -0.2) is 0 Å². The minimum atomic E-state index is -1.87. The van der Waals surface area contributed by atoms with Crippen LogP contribution in [0.4, 0.5) is 0 Å². The molecule has 0 bridgehead atoms. The number of halogens is 1. The molecule has 2 radical (unpaired) electrons. The van der Waals surface area contributed by atoms with Crippen molar-refractivity contribution in [2.75, 3.05) is 0 Å². The number of hydrogen-bond donors (Lipinski definition) is 0. The van der Waals surface area contributed by atoms with Crippen LogP contribution in [0.3, 0.4) is 0 Å². The molecule has 1 fully saturated rings. The van der Waals surface area contributed by atoms with Gasteiger partial charge < -0.3 is 9.16 Å². The lowest BCUT2D eigenvalue weighted by molar-refractivity contribution is 0.00418. The largest absolute Gasteiger partial charge is 0.412 e. The quantitative estimate of drug-likeness (QED) is 0.714. The van der Waals surface area contributed by atoms with Crippen molar-refractivity contribution in [2.24, 2.45) is 5.92 Å². The first-order chi connectivity index (χ1) is 9.00. The van der Waals surface area contributed by atoms with Crippen LogP contribution in [0.1, 0.15) is 41.0 Å². The summed E-state index contributed by atoms with van der Waals surface area (Å²) in [6.07, 6.45) is 2.67. The van der Waals surface area contributed by atoms with Crippen LogP contribution >= 0.6 is 11.6 Å². The Kier molecular flexibility index (Phi) is 5.62. The van der Waals surface area contributed by atoms with Crippen molar-refractivity contribution in [1.29, 1.82) is 0 Å². The van der Waals surface area contributed by atoms with Crippen molar-refractivity contribution in [3.05, 3.63) is 11.6 Å². The Balaban J connectivity index is 2.98. The second-order valence-electron chi connectivity index (χ2n) is 7.32. The standard InChI is InChI=1S/C15H28BClO2Si/c1-8-15(9-10-17)11(2)12(13(16)18-15)19-20(6,7)14(3,4)5/h9-13H,8H2,1-7H3/b10-9-/t11-,12+,13+,15-/m0/s1. The first-order valence-corrected chi connectivity index (χ1v) is 10.7. The molecule has 1 aliphatic heterocycles. The van der Waals surface area contributed by atoms with E-state index < -0.39 is 19.9 Å². The highest BCUT2D eigenvalue weighted by atomic mass is 35.5. The fraction of sp³-hybridized carbons (Fsp3) is 0.867. The molecule has 0 unspecified atom stereocenters. The number of rotatable bonds is 4. The maximum absolute atomic E-state index is 6.50. The molecule has 20 heavy (non-hydrogen) atoms. The first-order valence-electron chi connectivity index (χ1n) is 7.40. The van der Waals surface area contributed by atoms with E-state index >= 15 is 0 Å². The number of ether oxygens (including phenoxy) is 1. The molecule has 0 N–H and O–H groups in total. The van der Waals surface area contributed by atoms with Crippen molar-refractivity contribution in [2.45, 2.75) is 76.9 Å². The molecule has 4 atom stereocenters. The lowest BCUT2D eigenvalue weighted by Gasteiger charge is -2.40. The van der Waals surface area contributed by atoms with Gasteiger partial charge in [-0.2, -0.15) is 0 Å². The third kappa shape index (κ3) is 3.34. The van der Waals surface area contributed by atoms with Crippen molar-refractivity contribution in [3.8, 4) is 0 Å². The second-order valence-corrected chi connectivity index (χ2v) is 12.3. The summed E-state index contributed by atoms with van der Waals surface area (Å²) < 4.78 is 12.5. The molecule has 5 heteroatoms. The van der Waals surface area contributed by atoms with Crippen molar-refractivity contribution in [3.63, 3.8) is 0 Å². The van der Waals surface area contributed by atoms with Gasteiger partial charge in [0.1, 0.15) is 7.85 Å². The summed E-state index contributed by atoms with van der Waals surface area (Å²) in [6, 6.07) is -0.396. The average molecular weight is 315 g/mol. The molecule has 2 nitrogen and oxygen atoms in total. The van der Waals surface area contributed by atoms with Crippen molar-refractivity contribution in [1.82, 2.24) is 0 Å². The summed E-state index contributed by atoms with van der Waals surface area (Å²) in [5, 5.41) is 0.159. The zero-order valence-corrected chi connectivity index (χ0v) is 15.6. The minimum absolute atomic E-state index is 0.0799. The van der Waals surface area contributed by atoms with Gasteiger partial charge in [-0.3, -0.25) is 0 Å². The number of hydrogen-bond acceptors (Lipinski definition) is 2. The van der Waals surface area contributed by atoms with E-state index in [2.05, 4.69) is 47.7 Å². The molecule has 1 rings (SSSR count). The zero-order chi connectivity index (χ0) is 15.8. The van der Waals surface area contributed by atoms with Gasteiger partial charge >= 0.3 is 0 Å². The van der Waals surface area contributed by atoms with Crippen LogP contribution in [-0.4, -0.2) is 33.9 Å². The predicted molar refractivity (Wildman–Crippen MR) is 89.9 cm³/mol. The summed E-state index contributed by atoms with van der Waals surface area (Å²) in [7, 11) is 4.33. The van der Waals surface area contributed by atoms with E-state index in [1.54, 1.807) is 0 Å². The summed E-state index contributed by atoms with van der Waals surface area (Å²) in [6.45, 7) is 15.4. The molecule has 1 aliphatic rings. The van der Waals surface area contributed by atoms with Crippen LogP contribution in [0.2, 0.25) is 18.1 Å². The van der Waals surface area contributed by atoms with Gasteiger partial charge in [-0.05, 0) is 30.6 Å². The molecule has 0 amide bonds. The summed E-state index contributed by atoms with van der Waals surface area (Å²) >= 11 is 5.78. The zero-order valence-electron chi connectivity index (χ0n) is 13.9. The van der Waals surface area contributed by atoms with Crippen molar-refractivity contribution >= 4 is 27.8 Å². The van der Waals surface area contributed by atoms with Gasteiger partial charge in [0.05, 0.1) is 11.7 Å². The minimum Gasteiger partial charge on any atom is -0.412 e. The summed E-state index contributed by atoms with van der Waals surface area (Å²) in [5.74, 6) is 0.187. The predicted octanol–water partition coefficient (Wildman–Crippen LogP) is 4.44. The van der Waals surface area contributed by atoms with E-state index in [4.69, 9.17) is 28.6 Å². The Labute approximate surface area is 131 Å². The van der Waals surface area contributed by atoms with Crippen molar-refractivity contribution < 1.29 is 9.16 Å². The molecular weight excluding hydrogens is 287 g/mol. The Morgan fingerprint density at radius 1 is 1.40 bits per heavy atom.